The van der Waals surface area contributed by atoms with E-state index >= 15 is 0 Å². The van der Waals surface area contributed by atoms with Crippen molar-refractivity contribution in [1.29, 1.82) is 0 Å². The number of amides is 2. The molecule has 2 aliphatic heterocycles. The molecule has 0 aromatic carbocycles. The van der Waals surface area contributed by atoms with E-state index in [0.29, 0.717) is 30.2 Å². The summed E-state index contributed by atoms with van der Waals surface area (Å²) in [6, 6.07) is 0.947. The molecule has 1 aromatic rings. The van der Waals surface area contributed by atoms with Gasteiger partial charge in [0.25, 0.3) is 0 Å². The van der Waals surface area contributed by atoms with Crippen LogP contribution in [-0.2, 0) is 16.2 Å². The Kier molecular flexibility index (Phi) is 8.87. The van der Waals surface area contributed by atoms with Gasteiger partial charge in [0.05, 0.1) is 18.8 Å². The lowest BCUT2D eigenvalue weighted by Crippen LogP contribution is -2.48. The molecule has 1 aliphatic carbocycles. The van der Waals surface area contributed by atoms with E-state index in [1.54, 1.807) is 17.8 Å². The third-order valence-electron chi connectivity index (χ3n) is 6.57. The van der Waals surface area contributed by atoms with Gasteiger partial charge >= 0.3 is 12.0 Å². The zero-order valence-corrected chi connectivity index (χ0v) is 22.6. The highest BCUT2D eigenvalue weighted by molar-refractivity contribution is 6.55. The Hall–Kier alpha value is -3.05. The lowest BCUT2D eigenvalue weighted by Gasteiger charge is -2.31. The third-order valence-corrected chi connectivity index (χ3v) is 7.96. The Bertz CT molecular complexity index is 1040. The fourth-order valence-electron chi connectivity index (χ4n) is 4.61. The number of rotatable bonds is 10. The van der Waals surface area contributed by atoms with Crippen LogP contribution < -0.4 is 21.3 Å². The average molecular weight is 515 g/mol. The monoisotopic (exact) mass is 514 g/mol. The highest BCUT2D eigenvalue weighted by atomic mass is 28.3. The molecule has 1 fully saturated rings. The van der Waals surface area contributed by atoms with Crippen LogP contribution in [0.1, 0.15) is 48.7 Å². The zero-order chi connectivity index (χ0) is 25.5. The Labute approximate surface area is 214 Å². The highest BCUT2D eigenvalue weighted by Crippen LogP contribution is 2.26. The normalized spacial score (nSPS) is 19.4. The van der Waals surface area contributed by atoms with E-state index in [1.807, 2.05) is 12.2 Å². The maximum absolute atomic E-state index is 12.9. The van der Waals surface area contributed by atoms with E-state index in [0.717, 1.165) is 43.0 Å². The van der Waals surface area contributed by atoms with Crippen LogP contribution in [0.25, 0.3) is 5.57 Å². The summed E-state index contributed by atoms with van der Waals surface area (Å²) in [7, 11) is -0.705. The highest BCUT2D eigenvalue weighted by Gasteiger charge is 2.28. The van der Waals surface area contributed by atoms with Crippen molar-refractivity contribution in [1.82, 2.24) is 31.0 Å². The Morgan fingerprint density at radius 3 is 2.81 bits per heavy atom. The smallest absolute Gasteiger partial charge is 0.357 e. The molecule has 4 rings (SSSR count). The number of dihydropyridines is 1. The van der Waals surface area contributed by atoms with Crippen LogP contribution in [0.4, 0.5) is 4.79 Å². The zero-order valence-electron chi connectivity index (χ0n) is 21.4. The van der Waals surface area contributed by atoms with Crippen molar-refractivity contribution in [3.8, 4) is 0 Å². The van der Waals surface area contributed by atoms with Crippen LogP contribution in [0.15, 0.2) is 35.9 Å². The van der Waals surface area contributed by atoms with Crippen LogP contribution in [-0.4, -0.2) is 62.4 Å². The molecule has 3 heterocycles. The molecule has 1 unspecified atom stereocenters. The van der Waals surface area contributed by atoms with E-state index in [-0.39, 0.29) is 31.5 Å². The molecule has 11 heteroatoms. The Morgan fingerprint density at radius 1 is 1.25 bits per heavy atom. The number of carbonyl (C=O) groups excluding carboxylic acids is 2. The molecule has 196 valence electrons. The summed E-state index contributed by atoms with van der Waals surface area (Å²) >= 11 is 0. The van der Waals surface area contributed by atoms with Crippen molar-refractivity contribution in [3.63, 3.8) is 0 Å². The number of carbonyl (C=O) groups is 2. The summed E-state index contributed by atoms with van der Waals surface area (Å²) in [4.78, 5) is 25.3. The summed E-state index contributed by atoms with van der Waals surface area (Å²) in [6.45, 7) is 8.03. The largest absolute Gasteiger partial charge is 0.461 e. The van der Waals surface area contributed by atoms with Crippen molar-refractivity contribution in [3.05, 3.63) is 47.2 Å². The number of hydrogen-bond donors (Lipinski definition) is 4. The molecule has 0 spiro atoms. The number of aromatic nitrogens is 2. The first-order valence-corrected chi connectivity index (χ1v) is 16.1. The van der Waals surface area contributed by atoms with E-state index in [9.17, 15) is 9.59 Å². The van der Waals surface area contributed by atoms with Gasteiger partial charge in [-0.1, -0.05) is 32.0 Å². The van der Waals surface area contributed by atoms with Crippen molar-refractivity contribution in [2.24, 2.45) is 0 Å². The predicted octanol–water partition coefficient (Wildman–Crippen LogP) is 2.45. The maximum atomic E-state index is 12.9. The Morgan fingerprint density at radius 2 is 2.06 bits per heavy atom. The molecule has 4 N–H and O–H groups in total. The van der Waals surface area contributed by atoms with Gasteiger partial charge in [-0.15, -0.1) is 0 Å². The second kappa shape index (κ2) is 12.3. The SMILES string of the molecule is CCOC(=O)c1c(C2=CC3NC(NC(=O)NC4CCCC4)=CC=C3NC2)cnn1COCC[SiH](C)C. The molecule has 10 nitrogen and oxygen atoms in total. The first-order chi connectivity index (χ1) is 17.4. The van der Waals surface area contributed by atoms with Crippen molar-refractivity contribution < 1.29 is 19.1 Å². The quantitative estimate of drug-likeness (QED) is 0.215. The molecule has 2 amide bonds. The van der Waals surface area contributed by atoms with Crippen LogP contribution in [0.5, 0.6) is 0 Å². The van der Waals surface area contributed by atoms with Gasteiger partial charge in [-0.3, -0.25) is 5.32 Å². The minimum atomic E-state index is -0.705. The number of esters is 1. The first-order valence-electron chi connectivity index (χ1n) is 13.0. The van der Waals surface area contributed by atoms with Gasteiger partial charge < -0.3 is 25.4 Å². The van der Waals surface area contributed by atoms with Crippen LogP contribution >= 0.6 is 0 Å². The van der Waals surface area contributed by atoms with Crippen molar-refractivity contribution in [2.75, 3.05) is 19.8 Å². The number of fused-ring (bicyclic) bond motifs is 1. The molecule has 3 aliphatic rings. The second-order valence-electron chi connectivity index (χ2n) is 9.80. The molecular formula is C25H38N6O4Si. The molecule has 1 saturated carbocycles. The van der Waals surface area contributed by atoms with E-state index in [2.05, 4.69) is 45.5 Å². The van der Waals surface area contributed by atoms with Gasteiger partial charge in [-0.2, -0.15) is 5.10 Å². The van der Waals surface area contributed by atoms with E-state index < -0.39 is 14.8 Å². The fraction of sp³-hybridized carbons (Fsp3) is 0.560. The summed E-state index contributed by atoms with van der Waals surface area (Å²) in [5.41, 5.74) is 3.02. The topological polar surface area (TPSA) is 119 Å². The van der Waals surface area contributed by atoms with Crippen molar-refractivity contribution >= 4 is 26.4 Å². The second-order valence-corrected chi connectivity index (χ2v) is 13.2. The molecule has 1 aromatic heterocycles. The number of hydrogen-bond acceptors (Lipinski definition) is 7. The molecule has 0 radical (unpaired) electrons. The fourth-order valence-corrected chi connectivity index (χ4v) is 5.25. The number of nitrogens with zero attached hydrogens (tertiary/aromatic N) is 2. The average Bonchev–Trinajstić information content (AvgIpc) is 3.51. The summed E-state index contributed by atoms with van der Waals surface area (Å²) in [6.07, 6.45) is 12.0. The lowest BCUT2D eigenvalue weighted by atomic mass is 9.97. The van der Waals surface area contributed by atoms with Crippen LogP contribution in [0, 0.1) is 0 Å². The van der Waals surface area contributed by atoms with E-state index in [1.165, 1.54) is 0 Å². The number of urea groups is 1. The Balaban J connectivity index is 1.46. The standard InChI is InChI=1S/C25H38N6O4Si/c1-4-35-24(32)23-19(15-27-31(23)16-34-11-12-36(2)3)17-13-21-20(26-14-17)9-10-22(29-21)30-25(33)28-18-7-5-6-8-18/h9-10,13,15,18,21,26,29,36H,4-8,11-12,14,16H2,1-3H3,(H2,28,30,33). The summed E-state index contributed by atoms with van der Waals surface area (Å²) in [5.74, 6) is 0.207. The number of nitrogens with one attached hydrogen (secondary N) is 4. The van der Waals surface area contributed by atoms with Crippen LogP contribution in [0.2, 0.25) is 19.1 Å². The summed E-state index contributed by atoms with van der Waals surface area (Å²) in [5, 5.41) is 17.2. The summed E-state index contributed by atoms with van der Waals surface area (Å²) < 4.78 is 12.7. The number of ether oxygens (including phenoxy) is 2. The van der Waals surface area contributed by atoms with Crippen molar-refractivity contribution in [2.45, 2.75) is 70.6 Å². The van der Waals surface area contributed by atoms with Gasteiger partial charge in [0.1, 0.15) is 12.6 Å². The van der Waals surface area contributed by atoms with Gasteiger partial charge in [0.2, 0.25) is 0 Å². The molecular weight excluding hydrogens is 476 g/mol. The van der Waals surface area contributed by atoms with Crippen LogP contribution in [0.3, 0.4) is 0 Å². The minimum Gasteiger partial charge on any atom is -0.461 e. The van der Waals surface area contributed by atoms with E-state index in [4.69, 9.17) is 9.47 Å². The van der Waals surface area contributed by atoms with Gasteiger partial charge in [0, 0.05) is 39.3 Å². The maximum Gasteiger partial charge on any atom is 0.357 e. The van der Waals surface area contributed by atoms with Gasteiger partial charge in [-0.25, -0.2) is 14.3 Å². The minimum absolute atomic E-state index is 0.175. The predicted molar refractivity (Wildman–Crippen MR) is 141 cm³/mol. The number of allylic oxidation sites excluding steroid dienone is 2. The molecule has 36 heavy (non-hydrogen) atoms. The molecule has 1 atom stereocenters. The molecule has 0 bridgehead atoms. The van der Waals surface area contributed by atoms with Gasteiger partial charge in [-0.05, 0) is 43.5 Å². The molecule has 0 saturated heterocycles. The lowest BCUT2D eigenvalue weighted by molar-refractivity contribution is 0.0455. The van der Waals surface area contributed by atoms with Gasteiger partial charge in [0.15, 0.2) is 5.69 Å². The third kappa shape index (κ3) is 6.58. The first kappa shape index (κ1) is 26.0.